The quantitative estimate of drug-likeness (QED) is 0.925. The minimum Gasteiger partial charge on any atom is -0.341 e. The Labute approximate surface area is 146 Å². The minimum absolute atomic E-state index is 0.00897. The fraction of sp³-hybridized carbons (Fsp3) is 0.471. The molecule has 1 aliphatic rings. The van der Waals surface area contributed by atoms with E-state index in [4.69, 9.17) is 0 Å². The molecule has 3 heterocycles. The molecule has 2 aromatic rings. The number of nitrogens with one attached hydrogen (secondary N) is 1. The lowest BCUT2D eigenvalue weighted by Crippen LogP contribution is -2.49. The van der Waals surface area contributed by atoms with Crippen molar-refractivity contribution in [1.29, 1.82) is 0 Å². The van der Waals surface area contributed by atoms with E-state index in [9.17, 15) is 4.79 Å². The summed E-state index contributed by atoms with van der Waals surface area (Å²) in [4.78, 5) is 26.2. The van der Waals surface area contributed by atoms with Crippen LogP contribution in [0.1, 0.15) is 30.7 Å². The molecule has 2 aromatic heterocycles. The molecule has 1 N–H and O–H groups in total. The Balaban J connectivity index is 1.49. The Hall–Kier alpha value is -2.15. The lowest BCUT2D eigenvalue weighted by atomic mass is 10.1. The Bertz CT molecular complexity index is 640. The van der Waals surface area contributed by atoms with E-state index in [0.29, 0.717) is 0 Å². The van der Waals surface area contributed by atoms with Crippen molar-refractivity contribution in [3.63, 3.8) is 0 Å². The monoisotopic (exact) mass is 345 g/mol. The van der Waals surface area contributed by atoms with E-state index in [-0.39, 0.29) is 18.1 Å². The van der Waals surface area contributed by atoms with Crippen LogP contribution in [0, 0.1) is 0 Å². The van der Waals surface area contributed by atoms with Gasteiger partial charge in [0.25, 0.3) is 0 Å². The molecule has 128 valence electrons. The van der Waals surface area contributed by atoms with Crippen LogP contribution in [-0.4, -0.2) is 47.1 Å². The molecule has 7 heteroatoms. The smallest absolute Gasteiger partial charge is 0.317 e. The van der Waals surface area contributed by atoms with E-state index < -0.39 is 0 Å². The number of amides is 2. The van der Waals surface area contributed by atoms with E-state index in [1.165, 1.54) is 4.88 Å². The number of aromatic nitrogens is 2. The summed E-state index contributed by atoms with van der Waals surface area (Å²) in [5, 5.41) is 5.20. The molecule has 0 aromatic carbocycles. The number of anilines is 1. The van der Waals surface area contributed by atoms with Gasteiger partial charge in [-0.2, -0.15) is 0 Å². The van der Waals surface area contributed by atoms with Gasteiger partial charge in [0.1, 0.15) is 0 Å². The number of thiophene rings is 1. The van der Waals surface area contributed by atoms with E-state index in [1.54, 1.807) is 28.6 Å². The van der Waals surface area contributed by atoms with Gasteiger partial charge in [-0.1, -0.05) is 6.07 Å². The van der Waals surface area contributed by atoms with Crippen LogP contribution in [0.3, 0.4) is 0 Å². The van der Waals surface area contributed by atoms with Crippen molar-refractivity contribution >= 4 is 23.3 Å². The van der Waals surface area contributed by atoms with Crippen molar-refractivity contribution in [2.45, 2.75) is 31.8 Å². The highest BCUT2D eigenvalue weighted by Gasteiger charge is 2.25. The molecular formula is C17H23N5OS. The van der Waals surface area contributed by atoms with Crippen LogP contribution in [-0.2, 0) is 0 Å². The normalized spacial score (nSPS) is 16.7. The van der Waals surface area contributed by atoms with E-state index in [1.807, 2.05) is 24.6 Å². The lowest BCUT2D eigenvalue weighted by molar-refractivity contribution is 0.188. The molecule has 0 radical (unpaired) electrons. The van der Waals surface area contributed by atoms with Crippen molar-refractivity contribution in [1.82, 2.24) is 20.2 Å². The number of hydrogen-bond donors (Lipinski definition) is 1. The van der Waals surface area contributed by atoms with Crippen LogP contribution in [0.2, 0.25) is 0 Å². The summed E-state index contributed by atoms with van der Waals surface area (Å²) in [6.45, 7) is 3.78. The molecule has 0 saturated carbocycles. The van der Waals surface area contributed by atoms with Crippen molar-refractivity contribution in [3.05, 3.63) is 40.8 Å². The van der Waals surface area contributed by atoms with Gasteiger partial charge in [-0.15, -0.1) is 11.3 Å². The highest BCUT2D eigenvalue weighted by molar-refractivity contribution is 7.10. The molecule has 0 bridgehead atoms. The summed E-state index contributed by atoms with van der Waals surface area (Å²) in [5.41, 5.74) is 0. The molecule has 0 spiro atoms. The van der Waals surface area contributed by atoms with Crippen molar-refractivity contribution in [2.75, 3.05) is 25.0 Å². The maximum absolute atomic E-state index is 12.5. The summed E-state index contributed by atoms with van der Waals surface area (Å²) in [6, 6.07) is 6.19. The summed E-state index contributed by atoms with van der Waals surface area (Å²) < 4.78 is 0. The topological polar surface area (TPSA) is 61.4 Å². The molecule has 0 aliphatic carbocycles. The average molecular weight is 345 g/mol. The zero-order valence-electron chi connectivity index (χ0n) is 14.1. The van der Waals surface area contributed by atoms with Crippen LogP contribution in [0.25, 0.3) is 0 Å². The maximum atomic E-state index is 12.5. The highest BCUT2D eigenvalue weighted by Crippen LogP contribution is 2.23. The summed E-state index contributed by atoms with van der Waals surface area (Å²) in [5.74, 6) is 0.769. The first-order valence-corrected chi connectivity index (χ1v) is 9.12. The Morgan fingerprint density at radius 2 is 2.04 bits per heavy atom. The minimum atomic E-state index is -0.00897. The van der Waals surface area contributed by atoms with Crippen molar-refractivity contribution in [3.8, 4) is 0 Å². The Morgan fingerprint density at radius 1 is 1.33 bits per heavy atom. The maximum Gasteiger partial charge on any atom is 0.317 e. The largest absolute Gasteiger partial charge is 0.341 e. The van der Waals surface area contributed by atoms with Crippen LogP contribution in [0.15, 0.2) is 36.0 Å². The predicted molar refractivity (Wildman–Crippen MR) is 96.3 cm³/mol. The van der Waals surface area contributed by atoms with Gasteiger partial charge in [-0.3, -0.25) is 0 Å². The number of piperidine rings is 1. The summed E-state index contributed by atoms with van der Waals surface area (Å²) in [7, 11) is 1.85. The van der Waals surface area contributed by atoms with Crippen molar-refractivity contribution in [2.24, 2.45) is 0 Å². The molecule has 1 fully saturated rings. The molecule has 3 rings (SSSR count). The molecule has 6 nitrogen and oxygen atoms in total. The molecule has 2 amide bonds. The number of urea groups is 1. The van der Waals surface area contributed by atoms with Gasteiger partial charge in [-0.05, 0) is 37.3 Å². The second-order valence-electron chi connectivity index (χ2n) is 6.06. The number of hydrogen-bond acceptors (Lipinski definition) is 5. The SMILES string of the molecule is C[C@H](c1cccs1)N(C)C(=O)NC1CCN(c2ncccn2)CC1. The molecule has 24 heavy (non-hydrogen) atoms. The predicted octanol–water partition coefficient (Wildman–Crippen LogP) is 2.91. The second kappa shape index (κ2) is 7.61. The number of rotatable bonds is 4. The first-order chi connectivity index (χ1) is 11.6. The van der Waals surface area contributed by atoms with Gasteiger partial charge in [0.2, 0.25) is 5.95 Å². The Morgan fingerprint density at radius 3 is 2.67 bits per heavy atom. The van der Waals surface area contributed by atoms with Crippen LogP contribution in [0.5, 0.6) is 0 Å². The van der Waals surface area contributed by atoms with Gasteiger partial charge in [0.15, 0.2) is 0 Å². The zero-order chi connectivity index (χ0) is 16.9. The molecule has 1 aliphatic heterocycles. The standard InChI is InChI=1S/C17H23N5OS/c1-13(15-5-3-12-24-15)21(2)17(23)20-14-6-10-22(11-7-14)16-18-8-4-9-19-16/h3-5,8-9,12-14H,6-7,10-11H2,1-2H3,(H,20,23)/t13-/m1/s1. The Kier molecular flexibility index (Phi) is 5.30. The second-order valence-corrected chi connectivity index (χ2v) is 7.04. The first-order valence-electron chi connectivity index (χ1n) is 8.24. The van der Waals surface area contributed by atoms with Crippen molar-refractivity contribution < 1.29 is 4.79 Å². The third-order valence-corrected chi connectivity index (χ3v) is 5.56. The average Bonchev–Trinajstić information content (AvgIpc) is 3.16. The third-order valence-electron chi connectivity index (χ3n) is 4.51. The zero-order valence-corrected chi connectivity index (χ0v) is 14.9. The van der Waals surface area contributed by atoms with E-state index in [0.717, 1.165) is 31.9 Å². The summed E-state index contributed by atoms with van der Waals surface area (Å²) >= 11 is 1.68. The van der Waals surface area contributed by atoms with Gasteiger partial charge < -0.3 is 15.1 Å². The van der Waals surface area contributed by atoms with Gasteiger partial charge in [-0.25, -0.2) is 14.8 Å². The molecule has 1 atom stereocenters. The fourth-order valence-corrected chi connectivity index (χ4v) is 3.68. The number of carbonyl (C=O) groups is 1. The molecule has 1 saturated heterocycles. The van der Waals surface area contributed by atoms with E-state index in [2.05, 4.69) is 33.2 Å². The van der Waals surface area contributed by atoms with Gasteiger partial charge in [0, 0.05) is 43.4 Å². The number of carbonyl (C=O) groups excluding carboxylic acids is 1. The lowest BCUT2D eigenvalue weighted by Gasteiger charge is -2.34. The van der Waals surface area contributed by atoms with Crippen LogP contribution >= 0.6 is 11.3 Å². The molecular weight excluding hydrogens is 322 g/mol. The molecule has 0 unspecified atom stereocenters. The fourth-order valence-electron chi connectivity index (χ4n) is 2.85. The van der Waals surface area contributed by atoms with Gasteiger partial charge >= 0.3 is 6.03 Å². The third kappa shape index (κ3) is 3.84. The van der Waals surface area contributed by atoms with Gasteiger partial charge in [0.05, 0.1) is 6.04 Å². The highest BCUT2D eigenvalue weighted by atomic mass is 32.1. The van der Waals surface area contributed by atoms with Crippen LogP contribution < -0.4 is 10.2 Å². The van der Waals surface area contributed by atoms with E-state index >= 15 is 0 Å². The first kappa shape index (κ1) is 16.7. The number of nitrogens with zero attached hydrogens (tertiary/aromatic N) is 4. The van der Waals surface area contributed by atoms with Crippen LogP contribution in [0.4, 0.5) is 10.7 Å². The summed E-state index contributed by atoms with van der Waals surface area (Å²) in [6.07, 6.45) is 5.34.